The van der Waals surface area contributed by atoms with Gasteiger partial charge >= 0.3 is 5.97 Å². The van der Waals surface area contributed by atoms with E-state index in [0.29, 0.717) is 24.3 Å². The van der Waals surface area contributed by atoms with Crippen molar-refractivity contribution >= 4 is 16.9 Å². The zero-order valence-electron chi connectivity index (χ0n) is 18.4. The van der Waals surface area contributed by atoms with E-state index in [2.05, 4.69) is 28.2 Å². The van der Waals surface area contributed by atoms with Gasteiger partial charge in [-0.25, -0.2) is 4.79 Å². The molecular formula is C25H29N3O4. The van der Waals surface area contributed by atoms with Gasteiger partial charge in [-0.1, -0.05) is 18.2 Å². The quantitative estimate of drug-likeness (QED) is 0.621. The summed E-state index contributed by atoms with van der Waals surface area (Å²) in [5.41, 5.74) is 3.37. The van der Waals surface area contributed by atoms with Gasteiger partial charge in [0.05, 0.1) is 13.2 Å². The molecule has 2 aromatic heterocycles. The van der Waals surface area contributed by atoms with Crippen molar-refractivity contribution in [1.29, 1.82) is 0 Å². The number of nitrogens with one attached hydrogen (secondary N) is 1. The van der Waals surface area contributed by atoms with Crippen LogP contribution in [0.1, 0.15) is 47.3 Å². The lowest BCUT2D eigenvalue weighted by Crippen LogP contribution is -2.29. The summed E-state index contributed by atoms with van der Waals surface area (Å²) in [4.78, 5) is 31.4. The summed E-state index contributed by atoms with van der Waals surface area (Å²) in [6.07, 6.45) is 6.85. The molecule has 1 N–H and O–H groups in total. The Morgan fingerprint density at radius 3 is 2.78 bits per heavy atom. The number of fused-ring (bicyclic) bond motifs is 2. The zero-order chi connectivity index (χ0) is 22.1. The van der Waals surface area contributed by atoms with Crippen LogP contribution in [0.2, 0.25) is 0 Å². The Balaban J connectivity index is 1.43. The van der Waals surface area contributed by atoms with E-state index in [1.807, 2.05) is 12.1 Å². The van der Waals surface area contributed by atoms with Crippen LogP contribution < -0.4 is 10.3 Å². The van der Waals surface area contributed by atoms with Gasteiger partial charge in [-0.2, -0.15) is 0 Å². The number of aromatic nitrogens is 2. The number of aromatic amines is 1. The normalized spacial score (nSPS) is 17.3. The van der Waals surface area contributed by atoms with Crippen LogP contribution in [-0.2, 0) is 24.2 Å². The van der Waals surface area contributed by atoms with Crippen molar-refractivity contribution in [3.05, 3.63) is 63.7 Å². The van der Waals surface area contributed by atoms with E-state index in [-0.39, 0.29) is 11.7 Å². The number of ether oxygens (including phenoxy) is 2. The molecule has 1 fully saturated rings. The summed E-state index contributed by atoms with van der Waals surface area (Å²) in [5, 5.41) is 1.22. The van der Waals surface area contributed by atoms with Crippen molar-refractivity contribution in [1.82, 2.24) is 14.5 Å². The highest BCUT2D eigenvalue weighted by molar-refractivity contribution is 5.93. The third-order valence-corrected chi connectivity index (χ3v) is 6.74. The van der Waals surface area contributed by atoms with Crippen LogP contribution in [0.25, 0.3) is 10.9 Å². The van der Waals surface area contributed by atoms with E-state index >= 15 is 0 Å². The molecule has 1 saturated carbocycles. The second-order valence-electron chi connectivity index (χ2n) is 8.72. The lowest BCUT2D eigenvalue weighted by atomic mass is 10.1. The number of pyridine rings is 1. The van der Waals surface area contributed by atoms with Gasteiger partial charge in [0, 0.05) is 61.5 Å². The minimum Gasteiger partial charge on any atom is -0.489 e. The average Bonchev–Trinajstić information content (AvgIpc) is 3.40. The highest BCUT2D eigenvalue weighted by Crippen LogP contribution is 2.29. The van der Waals surface area contributed by atoms with Crippen LogP contribution in [0.4, 0.5) is 0 Å². The van der Waals surface area contributed by atoms with Crippen molar-refractivity contribution in [2.75, 3.05) is 20.2 Å². The largest absolute Gasteiger partial charge is 0.489 e. The lowest BCUT2D eigenvalue weighted by molar-refractivity contribution is 0.0590. The van der Waals surface area contributed by atoms with Crippen molar-refractivity contribution in [2.45, 2.75) is 51.3 Å². The molecule has 2 aliphatic rings. The van der Waals surface area contributed by atoms with Gasteiger partial charge in [0.1, 0.15) is 11.3 Å². The fourth-order valence-corrected chi connectivity index (χ4v) is 5.06. The Hall–Kier alpha value is -3.06. The van der Waals surface area contributed by atoms with Gasteiger partial charge in [0.2, 0.25) is 0 Å². The van der Waals surface area contributed by atoms with E-state index in [0.717, 1.165) is 56.5 Å². The molecule has 0 saturated heterocycles. The molecular weight excluding hydrogens is 406 g/mol. The first-order chi connectivity index (χ1) is 15.6. The third-order valence-electron chi connectivity index (χ3n) is 6.74. The number of esters is 1. The van der Waals surface area contributed by atoms with Gasteiger partial charge < -0.3 is 19.0 Å². The van der Waals surface area contributed by atoms with Crippen LogP contribution in [0.15, 0.2) is 41.3 Å². The van der Waals surface area contributed by atoms with Gasteiger partial charge in [-0.15, -0.1) is 0 Å². The molecule has 0 amide bonds. The number of hydrogen-bond acceptors (Lipinski definition) is 5. The number of carbonyl (C=O) groups excluding carboxylic acids is 1. The van der Waals surface area contributed by atoms with Crippen molar-refractivity contribution in [3.63, 3.8) is 0 Å². The monoisotopic (exact) mass is 435 g/mol. The lowest BCUT2D eigenvalue weighted by Gasteiger charge is -2.20. The number of carbonyl (C=O) groups is 1. The number of rotatable bonds is 5. The fourth-order valence-electron chi connectivity index (χ4n) is 5.06. The maximum Gasteiger partial charge on any atom is 0.343 e. The SMILES string of the molecule is COC(=O)c1c(OC2CCCC2)cc(=O)n2c1CCN(Cc1c[nH]c3ccccc13)CC2. The molecule has 0 radical (unpaired) electrons. The van der Waals surface area contributed by atoms with Crippen LogP contribution in [-0.4, -0.2) is 46.7 Å². The molecule has 3 heterocycles. The number of methoxy groups -OCH3 is 1. The average molecular weight is 436 g/mol. The molecule has 7 nitrogen and oxygen atoms in total. The minimum absolute atomic E-state index is 0.0602. The van der Waals surface area contributed by atoms with Crippen LogP contribution in [0.5, 0.6) is 5.75 Å². The van der Waals surface area contributed by atoms with E-state index in [9.17, 15) is 9.59 Å². The van der Waals surface area contributed by atoms with Gasteiger partial charge in [0.25, 0.3) is 5.56 Å². The van der Waals surface area contributed by atoms with Gasteiger partial charge in [-0.05, 0) is 37.3 Å². The van der Waals surface area contributed by atoms with Gasteiger partial charge in [-0.3, -0.25) is 9.69 Å². The first-order valence-electron chi connectivity index (χ1n) is 11.4. The molecule has 5 rings (SSSR count). The Morgan fingerprint density at radius 2 is 1.97 bits per heavy atom. The maximum atomic E-state index is 13.0. The molecule has 0 spiro atoms. The topological polar surface area (TPSA) is 76.6 Å². The van der Waals surface area contributed by atoms with E-state index < -0.39 is 5.97 Å². The Morgan fingerprint density at radius 1 is 1.16 bits per heavy atom. The first-order valence-corrected chi connectivity index (χ1v) is 11.4. The van der Waals surface area contributed by atoms with E-state index in [4.69, 9.17) is 9.47 Å². The molecule has 168 valence electrons. The highest BCUT2D eigenvalue weighted by Gasteiger charge is 2.28. The number of H-pyrrole nitrogens is 1. The molecule has 1 aliphatic carbocycles. The summed E-state index contributed by atoms with van der Waals surface area (Å²) in [6, 6.07) is 9.75. The first kappa shape index (κ1) is 20.8. The molecule has 0 bridgehead atoms. The van der Waals surface area contributed by atoms with Crippen molar-refractivity contribution in [2.24, 2.45) is 0 Å². The second kappa shape index (κ2) is 8.82. The van der Waals surface area contributed by atoms with Crippen molar-refractivity contribution < 1.29 is 14.3 Å². The van der Waals surface area contributed by atoms with E-state index in [1.165, 1.54) is 24.1 Å². The Labute approximate surface area is 186 Å². The smallest absolute Gasteiger partial charge is 0.343 e. The standard InChI is InChI=1S/C25H29N3O4/c1-31-25(30)24-21-10-11-27(16-17-15-26-20-9-5-4-8-19(17)20)12-13-28(21)23(29)14-22(24)32-18-6-2-3-7-18/h4-5,8-9,14-15,18,26H,2-3,6-7,10-13,16H2,1H3. The number of hydrogen-bond donors (Lipinski definition) is 1. The van der Waals surface area contributed by atoms with Crippen LogP contribution in [0.3, 0.4) is 0 Å². The highest BCUT2D eigenvalue weighted by atomic mass is 16.5. The summed E-state index contributed by atoms with van der Waals surface area (Å²) in [6.45, 7) is 2.79. The number of benzene rings is 1. The second-order valence-corrected chi connectivity index (χ2v) is 8.72. The van der Waals surface area contributed by atoms with Crippen LogP contribution in [0, 0.1) is 0 Å². The minimum atomic E-state index is -0.438. The molecule has 7 heteroatoms. The Kier molecular flexibility index (Phi) is 5.74. The van der Waals surface area contributed by atoms with E-state index in [1.54, 1.807) is 4.57 Å². The number of nitrogens with zero attached hydrogens (tertiary/aromatic N) is 2. The van der Waals surface area contributed by atoms with Gasteiger partial charge in [0.15, 0.2) is 0 Å². The zero-order valence-corrected chi connectivity index (χ0v) is 18.4. The molecule has 0 atom stereocenters. The summed E-state index contributed by atoms with van der Waals surface area (Å²) >= 11 is 0. The molecule has 3 aromatic rings. The predicted octanol–water partition coefficient (Wildman–Crippen LogP) is 3.50. The predicted molar refractivity (Wildman–Crippen MR) is 122 cm³/mol. The number of para-hydroxylation sites is 1. The molecule has 1 aliphatic heterocycles. The van der Waals surface area contributed by atoms with Crippen molar-refractivity contribution in [3.8, 4) is 5.75 Å². The van der Waals surface area contributed by atoms with Crippen LogP contribution >= 0.6 is 0 Å². The summed E-state index contributed by atoms with van der Waals surface area (Å²) < 4.78 is 13.0. The summed E-state index contributed by atoms with van der Waals surface area (Å²) in [7, 11) is 1.38. The molecule has 32 heavy (non-hydrogen) atoms. The maximum absolute atomic E-state index is 13.0. The Bertz CT molecular complexity index is 1190. The molecule has 1 aromatic carbocycles. The summed E-state index contributed by atoms with van der Waals surface area (Å²) in [5.74, 6) is -0.0584. The molecule has 0 unspecified atom stereocenters. The third kappa shape index (κ3) is 3.93. The fraction of sp³-hybridized carbons (Fsp3) is 0.440.